The van der Waals surface area contributed by atoms with Gasteiger partial charge >= 0.3 is 5.97 Å². The Labute approximate surface area is 147 Å². The number of carbonyl (C=O) groups is 3. The zero-order valence-corrected chi connectivity index (χ0v) is 14.1. The van der Waals surface area contributed by atoms with E-state index in [2.05, 4.69) is 20.7 Å². The number of benzene rings is 1. The molecule has 0 saturated heterocycles. The number of hydrogen-bond donors (Lipinski definition) is 2. The molecule has 2 amide bonds. The smallest absolute Gasteiger partial charge is 0.340 e. The number of ether oxygens (including phenoxy) is 1. The molecule has 0 unspecified atom stereocenters. The highest BCUT2D eigenvalue weighted by Crippen LogP contribution is 2.28. The quantitative estimate of drug-likeness (QED) is 0.563. The highest BCUT2D eigenvalue weighted by Gasteiger charge is 2.32. The number of carbonyl (C=O) groups excluding carboxylic acids is 3. The number of esters is 1. The topological polar surface area (TPSA) is 120 Å². The fourth-order valence-electron chi connectivity index (χ4n) is 2.52. The predicted octanol–water partition coefficient (Wildman–Crippen LogP) is 0.992. The van der Waals surface area contributed by atoms with Gasteiger partial charge in [-0.25, -0.2) is 9.18 Å². The summed E-state index contributed by atoms with van der Waals surface area (Å²) >= 11 is 3.11. The summed E-state index contributed by atoms with van der Waals surface area (Å²) < 4.78 is 20.2. The molecule has 128 valence electrons. The van der Waals surface area contributed by atoms with Gasteiger partial charge in [-0.15, -0.1) is 0 Å². The average molecular weight is 410 g/mol. The second kappa shape index (κ2) is 5.81. The number of halogens is 2. The average Bonchev–Trinajstić information content (AvgIpc) is 2.83. The molecule has 0 radical (unpaired) electrons. The normalized spacial score (nSPS) is 12.8. The van der Waals surface area contributed by atoms with Gasteiger partial charge in [0.15, 0.2) is 5.82 Å². The zero-order valence-electron chi connectivity index (χ0n) is 12.6. The van der Waals surface area contributed by atoms with E-state index >= 15 is 0 Å². The van der Waals surface area contributed by atoms with Crippen LogP contribution >= 0.6 is 15.9 Å². The molecule has 10 heteroatoms. The number of rotatable bonds is 2. The highest BCUT2D eigenvalue weighted by molar-refractivity contribution is 9.10. The summed E-state index contributed by atoms with van der Waals surface area (Å²) in [5, 5.41) is 2.01. The summed E-state index contributed by atoms with van der Waals surface area (Å²) in [5.74, 6) is -4.00. The van der Waals surface area contributed by atoms with Crippen LogP contribution in [0.5, 0.6) is 0 Å². The van der Waals surface area contributed by atoms with Crippen LogP contribution in [0.4, 0.5) is 10.2 Å². The van der Waals surface area contributed by atoms with Crippen LogP contribution in [0.3, 0.4) is 0 Å². The van der Waals surface area contributed by atoms with Gasteiger partial charge in [-0.2, -0.15) is 0 Å². The van der Waals surface area contributed by atoms with Gasteiger partial charge in [0, 0.05) is 10.5 Å². The van der Waals surface area contributed by atoms with Crippen molar-refractivity contribution in [3.8, 4) is 5.69 Å². The van der Waals surface area contributed by atoms with Crippen molar-refractivity contribution in [3.63, 3.8) is 0 Å². The van der Waals surface area contributed by atoms with Gasteiger partial charge in [0.2, 0.25) is 0 Å². The highest BCUT2D eigenvalue weighted by atomic mass is 79.9. The molecule has 1 aliphatic rings. The predicted molar refractivity (Wildman–Crippen MR) is 87.2 cm³/mol. The summed E-state index contributed by atoms with van der Waals surface area (Å²) in [4.78, 5) is 47.6. The fraction of sp³-hybridized carbons (Fsp3) is 0.0667. The van der Waals surface area contributed by atoms with Crippen molar-refractivity contribution < 1.29 is 23.5 Å². The number of methoxy groups -OCH3 is 1. The van der Waals surface area contributed by atoms with Crippen molar-refractivity contribution >= 4 is 39.5 Å². The molecule has 2 aromatic rings. The second-order valence-electron chi connectivity index (χ2n) is 5.05. The molecule has 0 bridgehead atoms. The first kappa shape index (κ1) is 16.8. The van der Waals surface area contributed by atoms with Gasteiger partial charge in [-0.1, -0.05) is 15.9 Å². The maximum absolute atomic E-state index is 14.8. The molecule has 0 atom stereocenters. The summed E-state index contributed by atoms with van der Waals surface area (Å²) in [7, 11) is 1.08. The first-order valence-corrected chi connectivity index (χ1v) is 7.54. The molecule has 8 nitrogen and oxygen atoms in total. The summed E-state index contributed by atoms with van der Waals surface area (Å²) in [6.45, 7) is 0. The van der Waals surface area contributed by atoms with Gasteiger partial charge in [0.25, 0.3) is 17.4 Å². The molecular weight excluding hydrogens is 401 g/mol. The molecule has 1 aromatic heterocycles. The molecule has 25 heavy (non-hydrogen) atoms. The van der Waals surface area contributed by atoms with Crippen molar-refractivity contribution in [3.05, 3.63) is 55.5 Å². The number of aromatic nitrogens is 1. The lowest BCUT2D eigenvalue weighted by molar-refractivity contribution is 0.0595. The van der Waals surface area contributed by atoms with Gasteiger partial charge in [-0.05, 0) is 12.1 Å². The van der Waals surface area contributed by atoms with Crippen LogP contribution in [-0.2, 0) is 4.74 Å². The lowest BCUT2D eigenvalue weighted by atomic mass is 10.1. The van der Waals surface area contributed by atoms with Gasteiger partial charge in [0.05, 0.1) is 29.5 Å². The molecule has 1 aliphatic heterocycles. The maximum atomic E-state index is 14.8. The zero-order chi connectivity index (χ0) is 18.5. The molecule has 3 rings (SSSR count). The molecule has 0 fully saturated rings. The Kier molecular flexibility index (Phi) is 3.91. The SMILES string of the molecule is COC(=O)c1cc(Br)cc(-n2c(N)c3c(cc2=O)C(=O)NC3=O)c1F. The van der Waals surface area contributed by atoms with Crippen molar-refractivity contribution in [2.75, 3.05) is 12.8 Å². The van der Waals surface area contributed by atoms with E-state index in [1.807, 2.05) is 5.32 Å². The number of nitrogen functional groups attached to an aromatic ring is 1. The van der Waals surface area contributed by atoms with Crippen LogP contribution in [-0.4, -0.2) is 29.5 Å². The third-order valence-electron chi connectivity index (χ3n) is 3.62. The number of nitrogens with one attached hydrogen (secondary N) is 1. The van der Waals surface area contributed by atoms with E-state index in [1.165, 1.54) is 12.1 Å². The Bertz CT molecular complexity index is 1030. The minimum Gasteiger partial charge on any atom is -0.465 e. The van der Waals surface area contributed by atoms with Crippen LogP contribution in [0.25, 0.3) is 5.69 Å². The van der Waals surface area contributed by atoms with E-state index in [9.17, 15) is 23.6 Å². The number of imide groups is 1. The van der Waals surface area contributed by atoms with Gasteiger partial charge in [0.1, 0.15) is 5.82 Å². The van der Waals surface area contributed by atoms with Crippen LogP contribution in [0.2, 0.25) is 0 Å². The number of amides is 2. The van der Waals surface area contributed by atoms with Crippen LogP contribution in [0.1, 0.15) is 31.1 Å². The molecule has 0 aliphatic carbocycles. The minimum atomic E-state index is -1.06. The van der Waals surface area contributed by atoms with Crippen LogP contribution in [0, 0.1) is 5.82 Å². The summed E-state index contributed by atoms with van der Waals surface area (Å²) in [6, 6.07) is 3.26. The lowest BCUT2D eigenvalue weighted by Gasteiger charge is -2.14. The molecule has 0 saturated carbocycles. The first-order chi connectivity index (χ1) is 11.8. The molecule has 1 aromatic carbocycles. The Balaban J connectivity index is 2.36. The summed E-state index contributed by atoms with van der Waals surface area (Å²) in [5.41, 5.74) is 3.79. The van der Waals surface area contributed by atoms with Gasteiger partial charge in [-0.3, -0.25) is 24.3 Å². The Morgan fingerprint density at radius 1 is 1.24 bits per heavy atom. The number of pyridine rings is 1. The fourth-order valence-corrected chi connectivity index (χ4v) is 2.97. The van der Waals surface area contributed by atoms with E-state index in [0.717, 1.165) is 13.2 Å². The Morgan fingerprint density at radius 3 is 2.56 bits per heavy atom. The first-order valence-electron chi connectivity index (χ1n) is 6.75. The Morgan fingerprint density at radius 2 is 1.92 bits per heavy atom. The van der Waals surface area contributed by atoms with Crippen LogP contribution in [0.15, 0.2) is 27.5 Å². The van der Waals surface area contributed by atoms with E-state index in [0.29, 0.717) is 4.57 Å². The van der Waals surface area contributed by atoms with Crippen LogP contribution < -0.4 is 16.6 Å². The number of fused-ring (bicyclic) bond motifs is 1. The number of nitrogens with two attached hydrogens (primary N) is 1. The van der Waals surface area contributed by atoms with E-state index in [-0.39, 0.29) is 21.3 Å². The van der Waals surface area contributed by atoms with Crippen molar-refractivity contribution in [2.45, 2.75) is 0 Å². The van der Waals surface area contributed by atoms with E-state index in [1.54, 1.807) is 0 Å². The number of nitrogens with zero attached hydrogens (tertiary/aromatic N) is 1. The van der Waals surface area contributed by atoms with E-state index < -0.39 is 40.5 Å². The van der Waals surface area contributed by atoms with E-state index in [4.69, 9.17) is 5.73 Å². The van der Waals surface area contributed by atoms with Crippen molar-refractivity contribution in [1.82, 2.24) is 9.88 Å². The maximum Gasteiger partial charge on any atom is 0.340 e. The third kappa shape index (κ3) is 2.50. The minimum absolute atomic E-state index is 0.188. The second-order valence-corrected chi connectivity index (χ2v) is 5.97. The largest absolute Gasteiger partial charge is 0.465 e. The third-order valence-corrected chi connectivity index (χ3v) is 4.08. The lowest BCUT2D eigenvalue weighted by Crippen LogP contribution is -2.25. The molecule has 3 N–H and O–H groups in total. The number of hydrogen-bond acceptors (Lipinski definition) is 6. The molecule has 2 heterocycles. The van der Waals surface area contributed by atoms with Crippen molar-refractivity contribution in [2.24, 2.45) is 0 Å². The van der Waals surface area contributed by atoms with Gasteiger partial charge < -0.3 is 10.5 Å². The monoisotopic (exact) mass is 409 g/mol. The number of anilines is 1. The Hall–Kier alpha value is -3.01. The molecule has 0 spiro atoms. The molecular formula is C15H9BrFN3O5. The van der Waals surface area contributed by atoms with Crippen molar-refractivity contribution in [1.29, 1.82) is 0 Å². The standard InChI is InChI=1S/C15H9BrFN3O5/c1-25-15(24)7-2-5(16)3-8(11(7)17)20-9(21)4-6-10(12(20)18)14(23)19-13(6)22/h2-4H,18H2,1H3,(H,19,22,23). The summed E-state index contributed by atoms with van der Waals surface area (Å²) in [6.07, 6.45) is 0.